The first-order chi connectivity index (χ1) is 8.21. The Bertz CT molecular complexity index is 307. The Hall–Kier alpha value is -0.480. The first kappa shape index (κ1) is 14.6. The van der Waals surface area contributed by atoms with Crippen LogP contribution in [0.15, 0.2) is 12.3 Å². The molecule has 1 heterocycles. The maximum absolute atomic E-state index is 4.63. The molecule has 0 aromatic carbocycles. The van der Waals surface area contributed by atoms with Crippen LogP contribution in [0.25, 0.3) is 0 Å². The van der Waals surface area contributed by atoms with Crippen molar-refractivity contribution in [2.45, 2.75) is 52.2 Å². The van der Waals surface area contributed by atoms with E-state index in [1.165, 1.54) is 0 Å². The molecule has 1 N–H and O–H groups in total. The maximum atomic E-state index is 4.63. The number of nitrogens with zero attached hydrogens (tertiary/aromatic N) is 2. The van der Waals surface area contributed by atoms with Gasteiger partial charge in [-0.2, -0.15) is 16.9 Å². The van der Waals surface area contributed by atoms with Crippen LogP contribution in [-0.2, 0) is 6.54 Å². The van der Waals surface area contributed by atoms with Gasteiger partial charge in [0.25, 0.3) is 0 Å². The van der Waals surface area contributed by atoms with E-state index in [1.54, 1.807) is 0 Å². The molecule has 98 valence electrons. The van der Waals surface area contributed by atoms with Crippen molar-refractivity contribution < 1.29 is 0 Å². The van der Waals surface area contributed by atoms with E-state index in [0.717, 1.165) is 30.8 Å². The molecule has 17 heavy (non-hydrogen) atoms. The van der Waals surface area contributed by atoms with Crippen LogP contribution in [0.1, 0.15) is 45.3 Å². The lowest BCUT2D eigenvalue weighted by Gasteiger charge is -2.13. The molecule has 1 aromatic rings. The molecule has 1 aromatic heterocycles. The first-order valence-corrected chi connectivity index (χ1v) is 7.86. The van der Waals surface area contributed by atoms with Gasteiger partial charge in [0.15, 0.2) is 0 Å². The van der Waals surface area contributed by atoms with Crippen LogP contribution >= 0.6 is 11.8 Å². The monoisotopic (exact) mass is 255 g/mol. The highest BCUT2D eigenvalue weighted by atomic mass is 32.2. The summed E-state index contributed by atoms with van der Waals surface area (Å²) in [6, 6.07) is 3.22. The molecule has 0 radical (unpaired) electrons. The van der Waals surface area contributed by atoms with Crippen molar-refractivity contribution in [3.63, 3.8) is 0 Å². The summed E-state index contributed by atoms with van der Waals surface area (Å²) >= 11 is 1.87. The predicted octanol–water partition coefficient (Wildman–Crippen LogP) is 3.09. The molecule has 0 saturated heterocycles. The van der Waals surface area contributed by atoms with Crippen molar-refractivity contribution in [3.8, 4) is 0 Å². The molecule has 0 bridgehead atoms. The standard InChI is InChI=1S/C13H25N3S/c1-5-13(6-2)16-8-7-12(15-16)9-14-11(3)10-17-4/h7-8,11,13-14H,5-6,9-10H2,1-4H3. The highest BCUT2D eigenvalue weighted by molar-refractivity contribution is 7.98. The summed E-state index contributed by atoms with van der Waals surface area (Å²) in [4.78, 5) is 0. The number of nitrogens with one attached hydrogen (secondary N) is 1. The topological polar surface area (TPSA) is 29.9 Å². The molecule has 4 heteroatoms. The quantitative estimate of drug-likeness (QED) is 0.774. The minimum atomic E-state index is 0.545. The number of thioether (sulfide) groups is 1. The van der Waals surface area contributed by atoms with Gasteiger partial charge in [-0.05, 0) is 32.1 Å². The van der Waals surface area contributed by atoms with Crippen LogP contribution in [0.3, 0.4) is 0 Å². The van der Waals surface area contributed by atoms with Crippen molar-refractivity contribution in [2.24, 2.45) is 0 Å². The fourth-order valence-electron chi connectivity index (χ4n) is 1.93. The van der Waals surface area contributed by atoms with Gasteiger partial charge in [-0.3, -0.25) is 4.68 Å². The van der Waals surface area contributed by atoms with Crippen molar-refractivity contribution in [1.82, 2.24) is 15.1 Å². The Kier molecular flexibility index (Phi) is 6.66. The van der Waals surface area contributed by atoms with Gasteiger partial charge in [0.2, 0.25) is 0 Å². The van der Waals surface area contributed by atoms with Gasteiger partial charge < -0.3 is 5.32 Å². The van der Waals surface area contributed by atoms with Crippen LogP contribution in [-0.4, -0.2) is 27.8 Å². The molecule has 0 spiro atoms. The Morgan fingerprint density at radius 3 is 2.71 bits per heavy atom. The number of hydrogen-bond donors (Lipinski definition) is 1. The molecule has 3 nitrogen and oxygen atoms in total. The van der Waals surface area contributed by atoms with Gasteiger partial charge in [0.05, 0.1) is 11.7 Å². The van der Waals surface area contributed by atoms with Gasteiger partial charge in [-0.1, -0.05) is 13.8 Å². The van der Waals surface area contributed by atoms with Crippen molar-refractivity contribution in [2.75, 3.05) is 12.0 Å². The van der Waals surface area contributed by atoms with E-state index in [4.69, 9.17) is 0 Å². The van der Waals surface area contributed by atoms with Crippen LogP contribution in [0.5, 0.6) is 0 Å². The van der Waals surface area contributed by atoms with Crippen molar-refractivity contribution in [3.05, 3.63) is 18.0 Å². The number of hydrogen-bond acceptors (Lipinski definition) is 3. The molecular weight excluding hydrogens is 230 g/mol. The molecule has 0 fully saturated rings. The molecule has 0 saturated carbocycles. The van der Waals surface area contributed by atoms with Crippen LogP contribution in [0.2, 0.25) is 0 Å². The van der Waals surface area contributed by atoms with E-state index in [1.807, 2.05) is 11.8 Å². The summed E-state index contributed by atoms with van der Waals surface area (Å²) < 4.78 is 2.11. The SMILES string of the molecule is CCC(CC)n1ccc(CNC(C)CSC)n1. The number of rotatable bonds is 8. The Morgan fingerprint density at radius 2 is 2.12 bits per heavy atom. The molecule has 0 aliphatic heterocycles. The van der Waals surface area contributed by atoms with E-state index >= 15 is 0 Å². The van der Waals surface area contributed by atoms with Crippen LogP contribution < -0.4 is 5.32 Å². The summed E-state index contributed by atoms with van der Waals surface area (Å²) in [5.74, 6) is 1.15. The maximum Gasteiger partial charge on any atom is 0.0762 e. The normalized spacial score (nSPS) is 13.2. The lowest BCUT2D eigenvalue weighted by Crippen LogP contribution is -2.27. The average molecular weight is 255 g/mol. The second-order valence-electron chi connectivity index (χ2n) is 4.49. The second kappa shape index (κ2) is 7.77. The van der Waals surface area contributed by atoms with Crippen LogP contribution in [0, 0.1) is 0 Å². The summed E-state index contributed by atoms with van der Waals surface area (Å²) in [7, 11) is 0. The van der Waals surface area contributed by atoms with Gasteiger partial charge in [-0.25, -0.2) is 0 Å². The van der Waals surface area contributed by atoms with E-state index < -0.39 is 0 Å². The van der Waals surface area contributed by atoms with Gasteiger partial charge in [-0.15, -0.1) is 0 Å². The summed E-state index contributed by atoms with van der Waals surface area (Å²) in [5, 5.41) is 8.12. The Morgan fingerprint density at radius 1 is 1.41 bits per heavy atom. The highest BCUT2D eigenvalue weighted by Gasteiger charge is 2.08. The van der Waals surface area contributed by atoms with E-state index in [9.17, 15) is 0 Å². The fraction of sp³-hybridized carbons (Fsp3) is 0.769. The largest absolute Gasteiger partial charge is 0.308 e. The molecule has 0 aliphatic carbocycles. The third kappa shape index (κ3) is 4.72. The molecule has 0 aliphatic rings. The minimum absolute atomic E-state index is 0.545. The zero-order valence-corrected chi connectivity index (χ0v) is 12.3. The second-order valence-corrected chi connectivity index (χ2v) is 5.41. The summed E-state index contributed by atoms with van der Waals surface area (Å²) in [6.07, 6.45) is 6.54. The van der Waals surface area contributed by atoms with E-state index in [-0.39, 0.29) is 0 Å². The van der Waals surface area contributed by atoms with E-state index in [2.05, 4.69) is 54.4 Å². The van der Waals surface area contributed by atoms with Crippen molar-refractivity contribution >= 4 is 11.8 Å². The third-order valence-corrected chi connectivity index (χ3v) is 3.86. The summed E-state index contributed by atoms with van der Waals surface area (Å²) in [6.45, 7) is 7.52. The lowest BCUT2D eigenvalue weighted by atomic mass is 10.2. The zero-order chi connectivity index (χ0) is 12.7. The fourth-order valence-corrected chi connectivity index (χ4v) is 2.54. The van der Waals surface area contributed by atoms with Crippen molar-refractivity contribution in [1.29, 1.82) is 0 Å². The lowest BCUT2D eigenvalue weighted by molar-refractivity contribution is 0.423. The molecular formula is C13H25N3S. The van der Waals surface area contributed by atoms with Gasteiger partial charge in [0.1, 0.15) is 0 Å². The van der Waals surface area contributed by atoms with Gasteiger partial charge in [0, 0.05) is 24.5 Å². The average Bonchev–Trinajstić information content (AvgIpc) is 2.77. The molecule has 1 atom stereocenters. The van der Waals surface area contributed by atoms with Crippen LogP contribution in [0.4, 0.5) is 0 Å². The molecule has 1 unspecified atom stereocenters. The zero-order valence-electron chi connectivity index (χ0n) is 11.4. The number of aromatic nitrogens is 2. The third-order valence-electron chi connectivity index (χ3n) is 3.03. The molecule has 0 amide bonds. The Labute approximate surface area is 109 Å². The highest BCUT2D eigenvalue weighted by Crippen LogP contribution is 2.14. The predicted molar refractivity (Wildman–Crippen MR) is 76.5 cm³/mol. The summed E-state index contributed by atoms with van der Waals surface area (Å²) in [5.41, 5.74) is 1.14. The smallest absolute Gasteiger partial charge is 0.0762 e. The van der Waals surface area contributed by atoms with Gasteiger partial charge >= 0.3 is 0 Å². The molecule has 1 rings (SSSR count). The first-order valence-electron chi connectivity index (χ1n) is 6.47. The van der Waals surface area contributed by atoms with E-state index in [0.29, 0.717) is 12.1 Å². The Balaban J connectivity index is 2.45. The minimum Gasteiger partial charge on any atom is -0.308 e.